The van der Waals surface area contributed by atoms with Gasteiger partial charge in [-0.15, -0.1) is 0 Å². The molecule has 0 unspecified atom stereocenters. The van der Waals surface area contributed by atoms with Gasteiger partial charge in [-0.1, -0.05) is 18.2 Å². The van der Waals surface area contributed by atoms with Crippen LogP contribution in [0, 0.1) is 6.92 Å². The molecule has 0 aliphatic rings. The monoisotopic (exact) mass is 405 g/mol. The van der Waals surface area contributed by atoms with Crippen LogP contribution in [0.15, 0.2) is 29.1 Å². The van der Waals surface area contributed by atoms with Crippen molar-refractivity contribution in [3.8, 4) is 0 Å². The molecule has 2 rings (SSSR count). The summed E-state index contributed by atoms with van der Waals surface area (Å²) in [6.07, 6.45) is 1.03. The second-order valence-electron chi connectivity index (χ2n) is 7.10. The number of aliphatic hydroxyl groups is 1. The summed E-state index contributed by atoms with van der Waals surface area (Å²) in [5.74, 6) is 0. The zero-order chi connectivity index (χ0) is 20.5. The zero-order valence-corrected chi connectivity index (χ0v) is 18.0. The Labute approximate surface area is 172 Å². The lowest BCUT2D eigenvalue weighted by Gasteiger charge is -2.25. The Hall–Kier alpha value is -1.96. The molecule has 0 aliphatic heterocycles. The van der Waals surface area contributed by atoms with Crippen LogP contribution < -0.4 is 15.8 Å². The Balaban J connectivity index is 2.03. The first-order chi connectivity index (χ1) is 13.5. The molecule has 28 heavy (non-hydrogen) atoms. The average Bonchev–Trinajstić information content (AvgIpc) is 2.69. The number of rotatable bonds is 10. The van der Waals surface area contributed by atoms with Crippen molar-refractivity contribution < 1.29 is 10.0 Å². The third-order valence-electron chi connectivity index (χ3n) is 5.17. The minimum Gasteiger partial charge on any atom is -0.395 e. The van der Waals surface area contributed by atoms with Gasteiger partial charge in [-0.2, -0.15) is 0 Å². The topological polar surface area (TPSA) is 72.8 Å². The summed E-state index contributed by atoms with van der Waals surface area (Å²) in [4.78, 5) is 18.9. The first-order valence-electron chi connectivity index (χ1n) is 10.1. The minimum absolute atomic E-state index is 0.0178. The second kappa shape index (κ2) is 11.1. The Morgan fingerprint density at radius 1 is 1.32 bits per heavy atom. The van der Waals surface area contributed by atoms with Crippen LogP contribution in [0.4, 0.5) is 0 Å². The molecule has 0 aliphatic carbocycles. The fourth-order valence-electron chi connectivity index (χ4n) is 3.37. The van der Waals surface area contributed by atoms with Crippen molar-refractivity contribution in [3.63, 3.8) is 0 Å². The zero-order valence-electron chi connectivity index (χ0n) is 17.2. The number of pyridine rings is 1. The molecule has 1 aromatic heterocycles. The van der Waals surface area contributed by atoms with Crippen molar-refractivity contribution in [2.45, 2.75) is 33.7 Å². The van der Waals surface area contributed by atoms with E-state index in [0.717, 1.165) is 49.1 Å². The molecule has 0 atom stereocenters. The van der Waals surface area contributed by atoms with Gasteiger partial charge in [0, 0.05) is 25.1 Å². The number of nitrogens with one attached hydrogen (secondary N) is 3. The van der Waals surface area contributed by atoms with Crippen molar-refractivity contribution in [3.05, 3.63) is 45.7 Å². The number of hydrogen-bond donors (Lipinski definition) is 4. The maximum Gasteiger partial charge on any atom is 0.253 e. The number of nitrogens with zero attached hydrogens (tertiary/aromatic N) is 1. The molecule has 4 N–H and O–H groups in total. The number of hydrogen-bond acceptors (Lipinski definition) is 3. The van der Waals surface area contributed by atoms with Gasteiger partial charge in [0.1, 0.15) is 0 Å². The van der Waals surface area contributed by atoms with Crippen LogP contribution in [0.1, 0.15) is 31.4 Å². The number of fused-ring (bicyclic) bond motifs is 1. The van der Waals surface area contributed by atoms with Gasteiger partial charge in [-0.05, 0) is 50.0 Å². The summed E-state index contributed by atoms with van der Waals surface area (Å²) < 4.78 is 0. The molecule has 6 nitrogen and oxygen atoms in total. The summed E-state index contributed by atoms with van der Waals surface area (Å²) >= 11 is 5.52. The summed E-state index contributed by atoms with van der Waals surface area (Å²) in [5.41, 5.74) is 2.44. The number of thiocarbonyl (C=S) groups is 1. The lowest BCUT2D eigenvalue weighted by molar-refractivity contribution is -0.896. The lowest BCUT2D eigenvalue weighted by Crippen LogP contribution is -3.11. The van der Waals surface area contributed by atoms with Crippen molar-refractivity contribution in [2.75, 3.05) is 39.3 Å². The van der Waals surface area contributed by atoms with Crippen LogP contribution in [-0.2, 0) is 6.54 Å². The van der Waals surface area contributed by atoms with E-state index in [0.29, 0.717) is 23.8 Å². The highest BCUT2D eigenvalue weighted by Gasteiger charge is 2.13. The van der Waals surface area contributed by atoms with Gasteiger partial charge in [0.25, 0.3) is 5.56 Å². The van der Waals surface area contributed by atoms with Gasteiger partial charge in [0.15, 0.2) is 5.11 Å². The second-order valence-corrected chi connectivity index (χ2v) is 7.49. The molecule has 154 valence electrons. The van der Waals surface area contributed by atoms with E-state index in [1.54, 1.807) is 4.90 Å². The number of para-hydroxylation sites is 1. The van der Waals surface area contributed by atoms with E-state index in [1.165, 1.54) is 0 Å². The van der Waals surface area contributed by atoms with Crippen molar-refractivity contribution in [1.29, 1.82) is 0 Å². The van der Waals surface area contributed by atoms with Crippen molar-refractivity contribution >= 4 is 28.2 Å². The van der Waals surface area contributed by atoms with Gasteiger partial charge in [0.2, 0.25) is 0 Å². The molecule has 0 fully saturated rings. The quantitative estimate of drug-likeness (QED) is 0.348. The molecule has 0 bridgehead atoms. The Bertz CT molecular complexity index is 833. The van der Waals surface area contributed by atoms with Crippen LogP contribution in [0.25, 0.3) is 10.9 Å². The Morgan fingerprint density at radius 3 is 2.75 bits per heavy atom. The molecule has 0 saturated carbocycles. The first-order valence-corrected chi connectivity index (χ1v) is 10.5. The van der Waals surface area contributed by atoms with E-state index in [1.807, 2.05) is 36.1 Å². The lowest BCUT2D eigenvalue weighted by atomic mass is 10.1. The molecular formula is C21H33N4O2S+. The van der Waals surface area contributed by atoms with Crippen LogP contribution in [0.2, 0.25) is 0 Å². The van der Waals surface area contributed by atoms with Crippen molar-refractivity contribution in [2.24, 2.45) is 0 Å². The number of benzene rings is 1. The Kier molecular flexibility index (Phi) is 8.89. The average molecular weight is 406 g/mol. The van der Waals surface area contributed by atoms with E-state index in [-0.39, 0.29) is 12.2 Å². The van der Waals surface area contributed by atoms with Crippen molar-refractivity contribution in [1.82, 2.24) is 15.2 Å². The third-order valence-corrected chi connectivity index (χ3v) is 5.57. The highest BCUT2D eigenvalue weighted by Crippen LogP contribution is 2.15. The summed E-state index contributed by atoms with van der Waals surface area (Å²) in [6, 6.07) is 7.87. The van der Waals surface area contributed by atoms with Gasteiger partial charge in [0.05, 0.1) is 38.3 Å². The summed E-state index contributed by atoms with van der Waals surface area (Å²) in [5, 5.41) is 14.3. The molecule has 7 heteroatoms. The SMILES string of the molecule is CC[NH+](CC)CCCNC(=S)N(CCO)Cc1cc2cccc(C)c2[nH]c1=O. The summed E-state index contributed by atoms with van der Waals surface area (Å²) in [6.45, 7) is 11.3. The number of aliphatic hydroxyl groups excluding tert-OH is 1. The number of aromatic nitrogens is 1. The Morgan fingerprint density at radius 2 is 2.07 bits per heavy atom. The van der Waals surface area contributed by atoms with Crippen LogP contribution >= 0.6 is 12.2 Å². The van der Waals surface area contributed by atoms with Crippen LogP contribution in [0.3, 0.4) is 0 Å². The molecule has 0 amide bonds. The predicted octanol–water partition coefficient (Wildman–Crippen LogP) is 0.820. The smallest absolute Gasteiger partial charge is 0.253 e. The van der Waals surface area contributed by atoms with E-state index in [4.69, 9.17) is 12.2 Å². The van der Waals surface area contributed by atoms with E-state index >= 15 is 0 Å². The molecule has 0 spiro atoms. The number of quaternary nitrogens is 1. The fourth-order valence-corrected chi connectivity index (χ4v) is 3.63. The van der Waals surface area contributed by atoms with E-state index < -0.39 is 0 Å². The van der Waals surface area contributed by atoms with Gasteiger partial charge in [-0.3, -0.25) is 4.79 Å². The van der Waals surface area contributed by atoms with Gasteiger partial charge < -0.3 is 25.2 Å². The van der Waals surface area contributed by atoms with E-state index in [2.05, 4.69) is 24.1 Å². The molecule has 0 saturated heterocycles. The minimum atomic E-state index is -0.113. The standard InChI is InChI=1S/C21H32N4O2S/c1-4-24(5-2)11-7-10-22-21(28)25(12-13-26)15-18-14-17-9-6-8-16(3)19(17)23-20(18)27/h6,8-9,14,26H,4-5,7,10-13,15H2,1-3H3,(H,22,28)(H,23,27)/p+1. The van der Waals surface area contributed by atoms with Crippen LogP contribution in [-0.4, -0.2) is 59.4 Å². The molecular weight excluding hydrogens is 372 g/mol. The number of H-pyrrole nitrogens is 1. The highest BCUT2D eigenvalue weighted by molar-refractivity contribution is 7.80. The number of aryl methyl sites for hydroxylation is 1. The third kappa shape index (κ3) is 6.02. The predicted molar refractivity (Wildman–Crippen MR) is 119 cm³/mol. The highest BCUT2D eigenvalue weighted by atomic mass is 32.1. The first kappa shape index (κ1) is 22.3. The van der Waals surface area contributed by atoms with Gasteiger partial charge in [-0.25, -0.2) is 0 Å². The van der Waals surface area contributed by atoms with Crippen LogP contribution in [0.5, 0.6) is 0 Å². The maximum absolute atomic E-state index is 12.5. The summed E-state index contributed by atoms with van der Waals surface area (Å²) in [7, 11) is 0. The normalized spacial score (nSPS) is 11.2. The van der Waals surface area contributed by atoms with Gasteiger partial charge >= 0.3 is 0 Å². The fraction of sp³-hybridized carbons (Fsp3) is 0.524. The molecule has 2 aromatic rings. The largest absolute Gasteiger partial charge is 0.395 e. The molecule has 0 radical (unpaired) electrons. The molecule has 1 heterocycles. The number of aromatic amines is 1. The maximum atomic E-state index is 12.5. The van der Waals surface area contributed by atoms with E-state index in [9.17, 15) is 9.90 Å². The molecule has 1 aromatic carbocycles.